The Morgan fingerprint density at radius 2 is 1.97 bits per heavy atom. The summed E-state index contributed by atoms with van der Waals surface area (Å²) in [5.41, 5.74) is 2.69. The Hall–Kier alpha value is -2.78. The van der Waals surface area contributed by atoms with Gasteiger partial charge in [-0.15, -0.1) is 0 Å². The van der Waals surface area contributed by atoms with Crippen LogP contribution in [0.5, 0.6) is 0 Å². The van der Waals surface area contributed by atoms with E-state index in [1.807, 2.05) is 13.0 Å². The van der Waals surface area contributed by atoms with Crippen molar-refractivity contribution < 1.29 is 17.7 Å². The highest BCUT2D eigenvalue weighted by Crippen LogP contribution is 2.33. The van der Waals surface area contributed by atoms with E-state index in [0.717, 1.165) is 18.4 Å². The lowest BCUT2D eigenvalue weighted by molar-refractivity contribution is -0.119. The van der Waals surface area contributed by atoms with E-state index in [9.17, 15) is 13.2 Å². The van der Waals surface area contributed by atoms with Gasteiger partial charge in [0.25, 0.3) is 0 Å². The maximum atomic E-state index is 13.4. The molecule has 30 heavy (non-hydrogen) atoms. The summed E-state index contributed by atoms with van der Waals surface area (Å²) in [4.78, 5) is 16.0. The van der Waals surface area contributed by atoms with E-state index in [4.69, 9.17) is 4.52 Å². The Morgan fingerprint density at radius 1 is 1.20 bits per heavy atom. The first kappa shape index (κ1) is 20.5. The summed E-state index contributed by atoms with van der Waals surface area (Å²) in [6, 6.07) is 6.37. The van der Waals surface area contributed by atoms with E-state index in [2.05, 4.69) is 20.2 Å². The van der Waals surface area contributed by atoms with Crippen molar-refractivity contribution in [1.29, 1.82) is 0 Å². The third-order valence-electron chi connectivity index (χ3n) is 5.51. The molecule has 1 aromatic carbocycles. The standard InChI is InChI=1S/C21H24N4O4S/c1-12-21(13(2)29-24-12)15-10-19-16(6-5-9-22-19)20(11-15)30(27,28)25-18-8-4-7-17(18)23-14(3)26/h5-6,9-11,17-18,25H,4,7-8H2,1-3H3,(H,23,26)/t17-,18+/m0/s1. The number of nitrogens with zero attached hydrogens (tertiary/aromatic N) is 2. The second-order valence-electron chi connectivity index (χ2n) is 7.71. The van der Waals surface area contributed by atoms with Crippen LogP contribution in [0, 0.1) is 13.8 Å². The highest BCUT2D eigenvalue weighted by Gasteiger charge is 2.33. The molecule has 0 aliphatic heterocycles. The van der Waals surface area contributed by atoms with Crippen LogP contribution >= 0.6 is 0 Å². The number of hydrogen-bond donors (Lipinski definition) is 2. The molecule has 0 spiro atoms. The summed E-state index contributed by atoms with van der Waals surface area (Å²) in [6.45, 7) is 5.05. The van der Waals surface area contributed by atoms with Crippen molar-refractivity contribution in [1.82, 2.24) is 20.2 Å². The summed E-state index contributed by atoms with van der Waals surface area (Å²) in [6.07, 6.45) is 3.89. The summed E-state index contributed by atoms with van der Waals surface area (Å²) < 4.78 is 35.0. The minimum absolute atomic E-state index is 0.150. The number of hydrogen-bond acceptors (Lipinski definition) is 6. The van der Waals surface area contributed by atoms with E-state index in [1.165, 1.54) is 6.92 Å². The predicted molar refractivity (Wildman–Crippen MR) is 112 cm³/mol. The van der Waals surface area contributed by atoms with E-state index < -0.39 is 10.0 Å². The SMILES string of the molecule is CC(=O)N[C@H]1CCC[C@H]1NS(=O)(=O)c1cc(-c2c(C)noc2C)cc2ncccc12. The van der Waals surface area contributed by atoms with Crippen LogP contribution in [0.4, 0.5) is 0 Å². The number of pyridine rings is 1. The molecule has 1 aliphatic carbocycles. The number of benzene rings is 1. The van der Waals surface area contributed by atoms with Gasteiger partial charge < -0.3 is 9.84 Å². The average molecular weight is 429 g/mol. The van der Waals surface area contributed by atoms with E-state index in [-0.39, 0.29) is 22.9 Å². The summed E-state index contributed by atoms with van der Waals surface area (Å²) in [7, 11) is -3.87. The number of rotatable bonds is 5. The van der Waals surface area contributed by atoms with Crippen molar-refractivity contribution in [2.75, 3.05) is 0 Å². The van der Waals surface area contributed by atoms with Crippen LogP contribution in [0.1, 0.15) is 37.6 Å². The Labute approximate surface area is 175 Å². The molecule has 1 amide bonds. The lowest BCUT2D eigenvalue weighted by atomic mass is 10.0. The number of amides is 1. The third kappa shape index (κ3) is 3.82. The molecule has 0 unspecified atom stereocenters. The van der Waals surface area contributed by atoms with Gasteiger partial charge in [0.1, 0.15) is 5.76 Å². The fourth-order valence-corrected chi connectivity index (χ4v) is 5.76. The van der Waals surface area contributed by atoms with Crippen LogP contribution in [-0.4, -0.2) is 36.5 Å². The fraction of sp³-hybridized carbons (Fsp3) is 0.381. The molecule has 1 fully saturated rings. The van der Waals surface area contributed by atoms with Crippen LogP contribution in [0.15, 0.2) is 39.9 Å². The van der Waals surface area contributed by atoms with Gasteiger partial charge in [0.15, 0.2) is 0 Å². The second-order valence-corrected chi connectivity index (χ2v) is 9.39. The highest BCUT2D eigenvalue weighted by atomic mass is 32.2. The van der Waals surface area contributed by atoms with Gasteiger partial charge in [-0.3, -0.25) is 9.78 Å². The van der Waals surface area contributed by atoms with Crippen molar-refractivity contribution >= 4 is 26.8 Å². The van der Waals surface area contributed by atoms with Crippen molar-refractivity contribution in [3.05, 3.63) is 41.9 Å². The monoisotopic (exact) mass is 428 g/mol. The Balaban J connectivity index is 1.80. The molecular weight excluding hydrogens is 404 g/mol. The molecule has 4 rings (SSSR count). The number of nitrogens with one attached hydrogen (secondary N) is 2. The number of fused-ring (bicyclic) bond motifs is 1. The van der Waals surface area contributed by atoms with Crippen molar-refractivity contribution in [2.45, 2.75) is 57.0 Å². The zero-order valence-electron chi connectivity index (χ0n) is 17.1. The van der Waals surface area contributed by atoms with Crippen molar-refractivity contribution in [3.8, 4) is 11.1 Å². The summed E-state index contributed by atoms with van der Waals surface area (Å²) >= 11 is 0. The van der Waals surface area contributed by atoms with Gasteiger partial charge in [0.05, 0.1) is 16.1 Å². The van der Waals surface area contributed by atoms with Crippen LogP contribution in [0.3, 0.4) is 0 Å². The minimum Gasteiger partial charge on any atom is -0.361 e. The molecule has 2 heterocycles. The molecule has 158 valence electrons. The van der Waals surface area contributed by atoms with E-state index in [1.54, 1.807) is 31.3 Å². The number of aryl methyl sites for hydroxylation is 2. The largest absolute Gasteiger partial charge is 0.361 e. The number of carbonyl (C=O) groups excluding carboxylic acids is 1. The molecule has 3 aromatic rings. The van der Waals surface area contributed by atoms with Crippen molar-refractivity contribution in [3.63, 3.8) is 0 Å². The minimum atomic E-state index is -3.87. The predicted octanol–water partition coefficient (Wildman–Crippen LogP) is 2.84. The molecule has 1 saturated carbocycles. The first-order valence-electron chi connectivity index (χ1n) is 9.88. The van der Waals surface area contributed by atoms with Crippen LogP contribution in [0.2, 0.25) is 0 Å². The topological polar surface area (TPSA) is 114 Å². The Kier molecular flexibility index (Phi) is 5.33. The van der Waals surface area contributed by atoms with Gasteiger partial charge in [-0.2, -0.15) is 0 Å². The smallest absolute Gasteiger partial charge is 0.241 e. The second kappa shape index (κ2) is 7.81. The molecule has 2 aromatic heterocycles. The van der Waals surface area contributed by atoms with E-state index >= 15 is 0 Å². The summed E-state index contributed by atoms with van der Waals surface area (Å²) in [5.74, 6) is 0.446. The zero-order valence-corrected chi connectivity index (χ0v) is 17.9. The van der Waals surface area contributed by atoms with E-state index in [0.29, 0.717) is 34.3 Å². The average Bonchev–Trinajstić information content (AvgIpc) is 3.25. The molecule has 2 atom stereocenters. The first-order valence-corrected chi connectivity index (χ1v) is 11.4. The zero-order chi connectivity index (χ0) is 21.5. The van der Waals surface area contributed by atoms with Crippen LogP contribution in [0.25, 0.3) is 22.0 Å². The van der Waals surface area contributed by atoms with Crippen LogP contribution < -0.4 is 10.0 Å². The molecule has 0 radical (unpaired) electrons. The molecule has 9 heteroatoms. The number of aromatic nitrogens is 2. The lowest BCUT2D eigenvalue weighted by Crippen LogP contribution is -2.47. The van der Waals surface area contributed by atoms with Gasteiger partial charge in [-0.1, -0.05) is 5.16 Å². The summed E-state index contributed by atoms with van der Waals surface area (Å²) in [5, 5.41) is 7.37. The van der Waals surface area contributed by atoms with Gasteiger partial charge in [0.2, 0.25) is 15.9 Å². The molecule has 0 saturated heterocycles. The van der Waals surface area contributed by atoms with Gasteiger partial charge in [-0.05, 0) is 62.9 Å². The Bertz CT molecular complexity index is 1200. The van der Waals surface area contributed by atoms with Gasteiger partial charge >= 0.3 is 0 Å². The number of carbonyl (C=O) groups is 1. The fourth-order valence-electron chi connectivity index (χ4n) is 4.21. The maximum Gasteiger partial charge on any atom is 0.241 e. The van der Waals surface area contributed by atoms with Gasteiger partial charge in [0, 0.05) is 36.2 Å². The van der Waals surface area contributed by atoms with Crippen LogP contribution in [-0.2, 0) is 14.8 Å². The Morgan fingerprint density at radius 3 is 2.67 bits per heavy atom. The van der Waals surface area contributed by atoms with Gasteiger partial charge in [-0.25, -0.2) is 13.1 Å². The molecular formula is C21H24N4O4S. The lowest BCUT2D eigenvalue weighted by Gasteiger charge is -2.22. The maximum absolute atomic E-state index is 13.4. The molecule has 0 bridgehead atoms. The quantitative estimate of drug-likeness (QED) is 0.646. The molecule has 2 N–H and O–H groups in total. The first-order chi connectivity index (χ1) is 14.3. The third-order valence-corrected chi connectivity index (χ3v) is 7.04. The van der Waals surface area contributed by atoms with Crippen molar-refractivity contribution in [2.24, 2.45) is 0 Å². The molecule has 8 nitrogen and oxygen atoms in total. The normalized spacial score (nSPS) is 19.3. The molecule has 1 aliphatic rings. The number of sulfonamides is 1. The highest BCUT2D eigenvalue weighted by molar-refractivity contribution is 7.89.